The fourth-order valence-electron chi connectivity index (χ4n) is 1.69. The maximum Gasteiger partial charge on any atom is 0.222 e. The van der Waals surface area contributed by atoms with Crippen molar-refractivity contribution >= 4 is 26.7 Å². The molecule has 17 heavy (non-hydrogen) atoms. The molecule has 0 amide bonds. The van der Waals surface area contributed by atoms with Crippen molar-refractivity contribution in [1.82, 2.24) is 4.98 Å². The Balaban J connectivity index is 2.69. The SMILES string of the molecule is COc1c(Br)nc(OC(C)C)c2ccccc12. The van der Waals surface area contributed by atoms with Crippen molar-refractivity contribution in [3.8, 4) is 11.6 Å². The van der Waals surface area contributed by atoms with Crippen LogP contribution in [-0.2, 0) is 0 Å². The smallest absolute Gasteiger partial charge is 0.222 e. The highest BCUT2D eigenvalue weighted by atomic mass is 79.9. The molecule has 0 atom stereocenters. The number of fused-ring (bicyclic) bond motifs is 1. The number of halogens is 1. The molecule has 0 unspecified atom stereocenters. The van der Waals surface area contributed by atoms with E-state index in [0.717, 1.165) is 16.5 Å². The minimum absolute atomic E-state index is 0.0891. The zero-order valence-corrected chi connectivity index (χ0v) is 11.6. The van der Waals surface area contributed by atoms with Gasteiger partial charge in [0.05, 0.1) is 13.2 Å². The van der Waals surface area contributed by atoms with Gasteiger partial charge in [-0.3, -0.25) is 0 Å². The fraction of sp³-hybridized carbons (Fsp3) is 0.308. The summed E-state index contributed by atoms with van der Waals surface area (Å²) in [6, 6.07) is 7.91. The summed E-state index contributed by atoms with van der Waals surface area (Å²) in [6.45, 7) is 3.96. The van der Waals surface area contributed by atoms with E-state index in [1.807, 2.05) is 38.1 Å². The first-order chi connectivity index (χ1) is 8.13. The zero-order chi connectivity index (χ0) is 12.4. The first-order valence-corrected chi connectivity index (χ1v) is 6.21. The van der Waals surface area contributed by atoms with Crippen molar-refractivity contribution in [1.29, 1.82) is 0 Å². The second-order valence-corrected chi connectivity index (χ2v) is 4.70. The molecule has 0 saturated carbocycles. The zero-order valence-electron chi connectivity index (χ0n) is 10.0. The molecule has 0 radical (unpaired) electrons. The van der Waals surface area contributed by atoms with Gasteiger partial charge >= 0.3 is 0 Å². The van der Waals surface area contributed by atoms with E-state index in [2.05, 4.69) is 20.9 Å². The molecule has 90 valence electrons. The molecular formula is C13H14BrNO2. The van der Waals surface area contributed by atoms with Gasteiger partial charge in [0.2, 0.25) is 5.88 Å². The molecule has 1 aromatic heterocycles. The third kappa shape index (κ3) is 2.36. The Kier molecular flexibility index (Phi) is 3.52. The van der Waals surface area contributed by atoms with Crippen LogP contribution < -0.4 is 9.47 Å². The van der Waals surface area contributed by atoms with Gasteiger partial charge in [0.15, 0.2) is 10.4 Å². The van der Waals surface area contributed by atoms with E-state index in [1.54, 1.807) is 7.11 Å². The van der Waals surface area contributed by atoms with E-state index in [1.165, 1.54) is 0 Å². The topological polar surface area (TPSA) is 31.4 Å². The fourth-order valence-corrected chi connectivity index (χ4v) is 2.22. The molecule has 0 N–H and O–H groups in total. The summed E-state index contributed by atoms with van der Waals surface area (Å²) in [5.74, 6) is 1.36. The van der Waals surface area contributed by atoms with Gasteiger partial charge in [-0.25, -0.2) is 4.98 Å². The Bertz CT molecular complexity index is 540. The van der Waals surface area contributed by atoms with Crippen LogP contribution in [-0.4, -0.2) is 18.2 Å². The number of benzene rings is 1. The lowest BCUT2D eigenvalue weighted by atomic mass is 10.1. The minimum atomic E-state index is 0.0891. The van der Waals surface area contributed by atoms with Crippen LogP contribution >= 0.6 is 15.9 Å². The standard InChI is InChI=1S/C13H14BrNO2/c1-8(2)17-13-10-7-5-4-6-9(10)11(16-3)12(14)15-13/h4-8H,1-3H3. The number of pyridine rings is 1. The van der Waals surface area contributed by atoms with Crippen molar-refractivity contribution in [3.05, 3.63) is 28.9 Å². The largest absolute Gasteiger partial charge is 0.493 e. The Morgan fingerprint density at radius 3 is 2.41 bits per heavy atom. The van der Waals surface area contributed by atoms with E-state index in [9.17, 15) is 0 Å². The third-order valence-electron chi connectivity index (χ3n) is 2.34. The van der Waals surface area contributed by atoms with Gasteiger partial charge in [-0.2, -0.15) is 0 Å². The van der Waals surface area contributed by atoms with Crippen LogP contribution in [0.4, 0.5) is 0 Å². The van der Waals surface area contributed by atoms with E-state index in [0.29, 0.717) is 10.5 Å². The maximum absolute atomic E-state index is 5.71. The van der Waals surface area contributed by atoms with Crippen LogP contribution in [0.15, 0.2) is 28.9 Å². The molecule has 3 nitrogen and oxygen atoms in total. The first-order valence-electron chi connectivity index (χ1n) is 5.42. The van der Waals surface area contributed by atoms with Gasteiger partial charge < -0.3 is 9.47 Å². The van der Waals surface area contributed by atoms with Gasteiger partial charge in [0, 0.05) is 10.8 Å². The normalized spacial score (nSPS) is 10.9. The molecule has 2 aromatic rings. The average molecular weight is 296 g/mol. The molecule has 0 saturated heterocycles. The Morgan fingerprint density at radius 1 is 1.18 bits per heavy atom. The summed E-state index contributed by atoms with van der Waals surface area (Å²) in [5.41, 5.74) is 0. The second-order valence-electron chi connectivity index (χ2n) is 3.95. The van der Waals surface area contributed by atoms with Crippen LogP contribution in [0, 0.1) is 0 Å². The lowest BCUT2D eigenvalue weighted by Gasteiger charge is -2.14. The molecule has 1 aromatic carbocycles. The Hall–Kier alpha value is -1.29. The van der Waals surface area contributed by atoms with Crippen molar-refractivity contribution in [2.24, 2.45) is 0 Å². The molecule has 0 spiro atoms. The summed E-state index contributed by atoms with van der Waals surface area (Å²) < 4.78 is 11.7. The number of ether oxygens (including phenoxy) is 2. The summed E-state index contributed by atoms with van der Waals surface area (Å²) in [6.07, 6.45) is 0.0891. The highest BCUT2D eigenvalue weighted by molar-refractivity contribution is 9.10. The molecule has 0 aliphatic rings. The van der Waals surface area contributed by atoms with Crippen molar-refractivity contribution < 1.29 is 9.47 Å². The molecule has 0 fully saturated rings. The number of aromatic nitrogens is 1. The number of hydrogen-bond donors (Lipinski definition) is 0. The van der Waals surface area contributed by atoms with Gasteiger partial charge in [0.25, 0.3) is 0 Å². The van der Waals surface area contributed by atoms with Gasteiger partial charge in [-0.05, 0) is 35.8 Å². The number of methoxy groups -OCH3 is 1. The number of nitrogens with zero attached hydrogens (tertiary/aromatic N) is 1. The lowest BCUT2D eigenvalue weighted by molar-refractivity contribution is 0.235. The van der Waals surface area contributed by atoms with E-state index in [-0.39, 0.29) is 6.10 Å². The maximum atomic E-state index is 5.71. The molecule has 1 heterocycles. The molecule has 4 heteroatoms. The van der Waals surface area contributed by atoms with Crippen molar-refractivity contribution in [3.63, 3.8) is 0 Å². The quantitative estimate of drug-likeness (QED) is 0.807. The minimum Gasteiger partial charge on any atom is -0.493 e. The number of hydrogen-bond acceptors (Lipinski definition) is 3. The van der Waals surface area contributed by atoms with Crippen molar-refractivity contribution in [2.75, 3.05) is 7.11 Å². The molecular weight excluding hydrogens is 282 g/mol. The van der Waals surface area contributed by atoms with Crippen LogP contribution in [0.5, 0.6) is 11.6 Å². The third-order valence-corrected chi connectivity index (χ3v) is 2.88. The Labute approximate surface area is 109 Å². The van der Waals surface area contributed by atoms with Crippen LogP contribution in [0.3, 0.4) is 0 Å². The van der Waals surface area contributed by atoms with Gasteiger partial charge in [0.1, 0.15) is 0 Å². The predicted molar refractivity (Wildman–Crippen MR) is 71.8 cm³/mol. The molecule has 2 rings (SSSR count). The Morgan fingerprint density at radius 2 is 1.82 bits per heavy atom. The van der Waals surface area contributed by atoms with E-state index in [4.69, 9.17) is 9.47 Å². The van der Waals surface area contributed by atoms with Crippen LogP contribution in [0.2, 0.25) is 0 Å². The highest BCUT2D eigenvalue weighted by Crippen LogP contribution is 2.36. The summed E-state index contributed by atoms with van der Waals surface area (Å²) in [5, 5.41) is 1.95. The second kappa shape index (κ2) is 4.92. The van der Waals surface area contributed by atoms with Gasteiger partial charge in [-0.1, -0.05) is 18.2 Å². The summed E-state index contributed by atoms with van der Waals surface area (Å²) >= 11 is 3.40. The molecule has 0 aliphatic carbocycles. The van der Waals surface area contributed by atoms with Gasteiger partial charge in [-0.15, -0.1) is 0 Å². The van der Waals surface area contributed by atoms with E-state index < -0.39 is 0 Å². The van der Waals surface area contributed by atoms with Crippen LogP contribution in [0.1, 0.15) is 13.8 Å². The molecule has 0 aliphatic heterocycles. The highest BCUT2D eigenvalue weighted by Gasteiger charge is 2.14. The number of rotatable bonds is 3. The van der Waals surface area contributed by atoms with E-state index >= 15 is 0 Å². The van der Waals surface area contributed by atoms with Crippen LogP contribution in [0.25, 0.3) is 10.8 Å². The summed E-state index contributed by atoms with van der Waals surface area (Å²) in [4.78, 5) is 4.38. The predicted octanol–water partition coefficient (Wildman–Crippen LogP) is 3.79. The lowest BCUT2D eigenvalue weighted by Crippen LogP contribution is -2.07. The van der Waals surface area contributed by atoms with Crippen molar-refractivity contribution in [2.45, 2.75) is 20.0 Å². The summed E-state index contributed by atoms with van der Waals surface area (Å²) in [7, 11) is 1.64. The first kappa shape index (κ1) is 12.2. The average Bonchev–Trinajstić information content (AvgIpc) is 2.28. The molecule has 0 bridgehead atoms. The monoisotopic (exact) mass is 295 g/mol.